The molecule has 0 aliphatic heterocycles. The molecule has 4 nitrogen and oxygen atoms in total. The van der Waals surface area contributed by atoms with E-state index in [1.165, 1.54) is 19.9 Å². The van der Waals surface area contributed by atoms with Gasteiger partial charge in [-0.15, -0.1) is 0 Å². The molecule has 0 fully saturated rings. The third-order valence-electron chi connectivity index (χ3n) is 2.06. The van der Waals surface area contributed by atoms with E-state index in [0.717, 1.165) is 0 Å². The van der Waals surface area contributed by atoms with Gasteiger partial charge in [0.05, 0.1) is 5.56 Å². The summed E-state index contributed by atoms with van der Waals surface area (Å²) in [6.45, 7) is 3.56. The summed E-state index contributed by atoms with van der Waals surface area (Å²) in [5.74, 6) is -0.476. The molecule has 0 aliphatic carbocycles. The van der Waals surface area contributed by atoms with E-state index < -0.39 is 14.8 Å². The molecule has 0 aromatic heterocycles. The fraction of sp³-hybridized carbons (Fsp3) is 0.182. The number of carbonyl (C=O) groups excluding carboxylic acids is 1. The summed E-state index contributed by atoms with van der Waals surface area (Å²) >= 11 is 0. The van der Waals surface area contributed by atoms with E-state index in [2.05, 4.69) is 6.58 Å². The van der Waals surface area contributed by atoms with Gasteiger partial charge in [-0.05, 0) is 17.8 Å². The smallest absolute Gasteiger partial charge is 0.467 e. The van der Waals surface area contributed by atoms with Gasteiger partial charge in [0.2, 0.25) is 0 Å². The molecule has 0 saturated carbocycles. The Morgan fingerprint density at radius 3 is 2.25 bits per heavy atom. The molecule has 0 bridgehead atoms. The molecule has 1 aromatic carbocycles. The van der Waals surface area contributed by atoms with Gasteiger partial charge in [0, 0.05) is 14.2 Å². The molecule has 0 aliphatic rings. The van der Waals surface area contributed by atoms with Gasteiger partial charge >= 0.3 is 14.8 Å². The van der Waals surface area contributed by atoms with Crippen LogP contribution in [0.5, 0.6) is 0 Å². The molecule has 0 amide bonds. The van der Waals surface area contributed by atoms with Crippen molar-refractivity contribution in [2.75, 3.05) is 14.2 Å². The third-order valence-corrected chi connectivity index (χ3v) is 4.17. The molecular formula is C11H14O4Si. The first-order chi connectivity index (χ1) is 7.67. The van der Waals surface area contributed by atoms with Crippen molar-refractivity contribution in [1.82, 2.24) is 0 Å². The second kappa shape index (κ2) is 5.60. The van der Waals surface area contributed by atoms with Crippen molar-refractivity contribution in [2.45, 2.75) is 0 Å². The Balaban J connectivity index is 2.81. The molecular weight excluding hydrogens is 224 g/mol. The maximum absolute atomic E-state index is 11.7. The molecule has 0 atom stereocenters. The zero-order chi connectivity index (χ0) is 12.0. The van der Waals surface area contributed by atoms with Crippen LogP contribution in [0.4, 0.5) is 0 Å². The summed E-state index contributed by atoms with van der Waals surface area (Å²) in [6, 6.07) is 8.66. The average Bonchev–Trinajstić information content (AvgIpc) is 2.37. The van der Waals surface area contributed by atoms with Crippen LogP contribution in [0, 0.1) is 0 Å². The molecule has 0 heterocycles. The molecule has 1 rings (SSSR count). The Labute approximate surface area is 95.8 Å². The zero-order valence-corrected chi connectivity index (χ0v) is 10.3. The van der Waals surface area contributed by atoms with E-state index in [1.54, 1.807) is 24.3 Å². The number of carbonyl (C=O) groups is 1. The minimum atomic E-state index is -3.05. The van der Waals surface area contributed by atoms with Crippen LogP contribution in [0.1, 0.15) is 10.4 Å². The Bertz CT molecular complexity index is 360. The summed E-state index contributed by atoms with van der Waals surface area (Å²) in [6.07, 6.45) is 0. The largest absolute Gasteiger partial charge is 0.596 e. The highest BCUT2D eigenvalue weighted by molar-refractivity contribution is 6.67. The average molecular weight is 238 g/mol. The second-order valence-electron chi connectivity index (χ2n) is 2.97. The predicted octanol–water partition coefficient (Wildman–Crippen LogP) is 1.80. The fourth-order valence-electron chi connectivity index (χ4n) is 1.14. The van der Waals surface area contributed by atoms with Crippen LogP contribution >= 0.6 is 0 Å². The molecule has 86 valence electrons. The number of benzene rings is 1. The van der Waals surface area contributed by atoms with E-state index in [4.69, 9.17) is 13.3 Å². The molecule has 1 aromatic rings. The van der Waals surface area contributed by atoms with Crippen LogP contribution < -0.4 is 0 Å². The van der Waals surface area contributed by atoms with Crippen molar-refractivity contribution >= 4 is 14.8 Å². The van der Waals surface area contributed by atoms with Crippen molar-refractivity contribution < 1.29 is 18.1 Å². The minimum Gasteiger partial charge on any atom is -0.467 e. The maximum atomic E-state index is 11.7. The van der Waals surface area contributed by atoms with Gasteiger partial charge in [-0.3, -0.25) is 0 Å². The molecule has 0 spiro atoms. The summed E-state index contributed by atoms with van der Waals surface area (Å²) < 4.78 is 15.4. The van der Waals surface area contributed by atoms with E-state index in [9.17, 15) is 4.79 Å². The number of hydrogen-bond acceptors (Lipinski definition) is 4. The highest BCUT2D eigenvalue weighted by atomic mass is 28.4. The fourth-order valence-corrected chi connectivity index (χ4v) is 2.26. The summed E-state index contributed by atoms with van der Waals surface area (Å²) in [7, 11) is -0.196. The monoisotopic (exact) mass is 238 g/mol. The Morgan fingerprint density at radius 2 is 1.81 bits per heavy atom. The molecule has 0 N–H and O–H groups in total. The third kappa shape index (κ3) is 2.79. The highest BCUT2D eigenvalue weighted by Crippen LogP contribution is 2.12. The highest BCUT2D eigenvalue weighted by Gasteiger charge is 2.40. The Kier molecular flexibility index (Phi) is 4.42. The lowest BCUT2D eigenvalue weighted by Gasteiger charge is -2.21. The van der Waals surface area contributed by atoms with Gasteiger partial charge < -0.3 is 13.3 Å². The van der Waals surface area contributed by atoms with Crippen molar-refractivity contribution in [3.8, 4) is 0 Å². The summed E-state index contributed by atoms with van der Waals surface area (Å²) in [4.78, 5) is 11.7. The normalized spacial score (nSPS) is 10.9. The summed E-state index contributed by atoms with van der Waals surface area (Å²) in [5, 5.41) is 0. The zero-order valence-electron chi connectivity index (χ0n) is 9.30. The topological polar surface area (TPSA) is 44.8 Å². The van der Waals surface area contributed by atoms with Crippen molar-refractivity contribution in [1.29, 1.82) is 0 Å². The molecule has 0 saturated heterocycles. The first-order valence-corrected chi connectivity index (χ1v) is 6.50. The van der Waals surface area contributed by atoms with Gasteiger partial charge in [0.1, 0.15) is 0 Å². The number of rotatable bonds is 5. The first kappa shape index (κ1) is 12.6. The lowest BCUT2D eigenvalue weighted by Crippen LogP contribution is -2.43. The van der Waals surface area contributed by atoms with Crippen LogP contribution in [0.2, 0.25) is 0 Å². The van der Waals surface area contributed by atoms with E-state index in [-0.39, 0.29) is 0 Å². The van der Waals surface area contributed by atoms with Crippen LogP contribution in [-0.4, -0.2) is 29.0 Å². The molecule has 0 radical (unpaired) electrons. The quantitative estimate of drug-likeness (QED) is 0.734. The van der Waals surface area contributed by atoms with Gasteiger partial charge in [-0.25, -0.2) is 4.79 Å². The molecule has 16 heavy (non-hydrogen) atoms. The molecule has 0 unspecified atom stereocenters. The lowest BCUT2D eigenvalue weighted by molar-refractivity contribution is 0.0550. The van der Waals surface area contributed by atoms with E-state index in [1.807, 2.05) is 6.07 Å². The standard InChI is InChI=1S/C11H14O4Si/c1-4-16(13-2,14-3)15-11(12)10-8-6-5-7-9-10/h4-9H,1H2,2-3H3. The Hall–Kier alpha value is -1.43. The maximum Gasteiger partial charge on any atom is 0.596 e. The Morgan fingerprint density at radius 1 is 1.25 bits per heavy atom. The van der Waals surface area contributed by atoms with Crippen molar-refractivity contribution in [3.05, 3.63) is 48.2 Å². The SMILES string of the molecule is C=C[Si](OC)(OC)OC(=O)c1ccccc1. The van der Waals surface area contributed by atoms with Crippen LogP contribution in [0.3, 0.4) is 0 Å². The van der Waals surface area contributed by atoms with E-state index >= 15 is 0 Å². The van der Waals surface area contributed by atoms with E-state index in [0.29, 0.717) is 5.56 Å². The predicted molar refractivity (Wildman–Crippen MR) is 61.8 cm³/mol. The van der Waals surface area contributed by atoms with Gasteiger partial charge in [-0.2, -0.15) is 0 Å². The first-order valence-electron chi connectivity index (χ1n) is 4.69. The van der Waals surface area contributed by atoms with Crippen LogP contribution in [-0.2, 0) is 13.3 Å². The van der Waals surface area contributed by atoms with Gasteiger partial charge in [-0.1, -0.05) is 24.8 Å². The second-order valence-corrected chi connectivity index (χ2v) is 5.61. The van der Waals surface area contributed by atoms with Gasteiger partial charge in [0.25, 0.3) is 0 Å². The number of hydrogen-bond donors (Lipinski definition) is 0. The van der Waals surface area contributed by atoms with Gasteiger partial charge in [0.15, 0.2) is 0 Å². The lowest BCUT2D eigenvalue weighted by atomic mass is 10.2. The summed E-state index contributed by atoms with van der Waals surface area (Å²) in [5.41, 5.74) is 1.86. The minimum absolute atomic E-state index is 0.454. The van der Waals surface area contributed by atoms with Crippen LogP contribution in [0.25, 0.3) is 0 Å². The molecule has 5 heteroatoms. The van der Waals surface area contributed by atoms with Crippen molar-refractivity contribution in [3.63, 3.8) is 0 Å². The van der Waals surface area contributed by atoms with Crippen molar-refractivity contribution in [2.24, 2.45) is 0 Å². The van der Waals surface area contributed by atoms with Crippen LogP contribution in [0.15, 0.2) is 42.6 Å².